The van der Waals surface area contributed by atoms with Crippen LogP contribution in [0.4, 0.5) is 0 Å². The number of nitrogens with one attached hydrogen (secondary N) is 1. The number of nitrogens with zero attached hydrogens (tertiary/aromatic N) is 2. The van der Waals surface area contributed by atoms with E-state index in [0.717, 1.165) is 36.6 Å². The van der Waals surface area contributed by atoms with E-state index >= 15 is 0 Å². The highest BCUT2D eigenvalue weighted by Crippen LogP contribution is 2.29. The predicted octanol–water partition coefficient (Wildman–Crippen LogP) is 4.18. The highest BCUT2D eigenvalue weighted by molar-refractivity contribution is 7.15. The van der Waals surface area contributed by atoms with Crippen molar-refractivity contribution in [3.63, 3.8) is 0 Å². The van der Waals surface area contributed by atoms with Gasteiger partial charge in [-0.25, -0.2) is 4.98 Å². The van der Waals surface area contributed by atoms with Crippen molar-refractivity contribution in [2.45, 2.75) is 39.3 Å². The van der Waals surface area contributed by atoms with E-state index in [0.29, 0.717) is 6.54 Å². The molecule has 5 heteroatoms. The van der Waals surface area contributed by atoms with Crippen molar-refractivity contribution < 1.29 is 0 Å². The molecule has 0 amide bonds. The maximum atomic E-state index is 12.5. The number of fused-ring (bicyclic) bond motifs is 1. The largest absolute Gasteiger partial charge is 0.310 e. The molecule has 0 radical (unpaired) electrons. The van der Waals surface area contributed by atoms with Gasteiger partial charge in [0.05, 0.1) is 11.3 Å². The van der Waals surface area contributed by atoms with Crippen LogP contribution in [-0.4, -0.2) is 21.4 Å². The van der Waals surface area contributed by atoms with Crippen LogP contribution in [0.3, 0.4) is 0 Å². The Kier molecular flexibility index (Phi) is 4.74. The second-order valence-electron chi connectivity index (χ2n) is 7.12. The van der Waals surface area contributed by atoms with Gasteiger partial charge in [0.15, 0.2) is 0 Å². The molecule has 3 heterocycles. The van der Waals surface area contributed by atoms with Gasteiger partial charge in [-0.15, -0.1) is 11.3 Å². The zero-order valence-electron chi connectivity index (χ0n) is 15.2. The molecule has 4 nitrogen and oxygen atoms in total. The predicted molar refractivity (Wildman–Crippen MR) is 107 cm³/mol. The fourth-order valence-corrected chi connectivity index (χ4v) is 4.41. The molecule has 3 aromatic rings. The van der Waals surface area contributed by atoms with Crippen LogP contribution in [0.25, 0.3) is 10.4 Å². The Bertz CT molecular complexity index is 959. The summed E-state index contributed by atoms with van der Waals surface area (Å²) in [6.07, 6.45) is 0.843. The number of H-pyrrole nitrogens is 1. The molecule has 4 rings (SSSR count). The Morgan fingerprint density at radius 1 is 1.19 bits per heavy atom. The van der Waals surface area contributed by atoms with Gasteiger partial charge in [0, 0.05) is 41.7 Å². The van der Waals surface area contributed by atoms with Gasteiger partial charge in [-0.1, -0.05) is 44.2 Å². The van der Waals surface area contributed by atoms with Crippen LogP contribution in [0.2, 0.25) is 0 Å². The van der Waals surface area contributed by atoms with Crippen LogP contribution >= 0.6 is 11.3 Å². The summed E-state index contributed by atoms with van der Waals surface area (Å²) in [5.74, 6) is 1.04. The van der Waals surface area contributed by atoms with Crippen LogP contribution in [-0.2, 0) is 19.5 Å². The number of hydrogen-bond donors (Lipinski definition) is 1. The average Bonchev–Trinajstić information content (AvgIpc) is 3.11. The molecule has 1 aliphatic heterocycles. The SMILES string of the molecule is CC(C)c1nc2c(c(=O)[nH]1)CN(Cc1ccc(-c3ccccc3)s1)CC2. The molecule has 1 aliphatic rings. The second kappa shape index (κ2) is 7.17. The van der Waals surface area contributed by atoms with E-state index in [1.54, 1.807) is 0 Å². The lowest BCUT2D eigenvalue weighted by Gasteiger charge is -2.27. The fourth-order valence-electron chi connectivity index (χ4n) is 3.35. The number of rotatable bonds is 4. The minimum atomic E-state index is 0.0274. The molecule has 0 atom stereocenters. The molecule has 0 saturated heterocycles. The van der Waals surface area contributed by atoms with Gasteiger partial charge in [0.25, 0.3) is 5.56 Å². The van der Waals surface area contributed by atoms with Crippen LogP contribution in [0.5, 0.6) is 0 Å². The maximum Gasteiger partial charge on any atom is 0.255 e. The summed E-state index contributed by atoms with van der Waals surface area (Å²) in [6, 6.07) is 14.9. The normalized spacial score (nSPS) is 14.6. The van der Waals surface area contributed by atoms with Crippen LogP contribution in [0.1, 0.15) is 41.7 Å². The number of thiophene rings is 1. The molecular formula is C21H23N3OS. The van der Waals surface area contributed by atoms with E-state index < -0.39 is 0 Å². The van der Waals surface area contributed by atoms with Crippen molar-refractivity contribution >= 4 is 11.3 Å². The fraction of sp³-hybridized carbons (Fsp3) is 0.333. The first-order chi connectivity index (χ1) is 12.6. The summed E-state index contributed by atoms with van der Waals surface area (Å²) in [6.45, 7) is 6.61. The molecule has 1 N–H and O–H groups in total. The highest BCUT2D eigenvalue weighted by atomic mass is 32.1. The Labute approximate surface area is 157 Å². The molecule has 2 aromatic heterocycles. The zero-order chi connectivity index (χ0) is 18.1. The van der Waals surface area contributed by atoms with Crippen LogP contribution in [0, 0.1) is 0 Å². The summed E-state index contributed by atoms with van der Waals surface area (Å²) >= 11 is 1.83. The van der Waals surface area contributed by atoms with Gasteiger partial charge in [0.2, 0.25) is 0 Å². The highest BCUT2D eigenvalue weighted by Gasteiger charge is 2.22. The maximum absolute atomic E-state index is 12.5. The molecule has 0 fully saturated rings. The molecule has 0 saturated carbocycles. The lowest BCUT2D eigenvalue weighted by molar-refractivity contribution is 0.243. The number of hydrogen-bond acceptors (Lipinski definition) is 4. The third kappa shape index (κ3) is 3.50. The first-order valence-corrected chi connectivity index (χ1v) is 9.90. The van der Waals surface area contributed by atoms with Crippen molar-refractivity contribution in [3.8, 4) is 10.4 Å². The van der Waals surface area contributed by atoms with Gasteiger partial charge >= 0.3 is 0 Å². The Balaban J connectivity index is 1.50. The monoisotopic (exact) mass is 365 g/mol. The van der Waals surface area contributed by atoms with Gasteiger partial charge in [-0.2, -0.15) is 0 Å². The molecule has 0 unspecified atom stereocenters. The Morgan fingerprint density at radius 2 is 2.00 bits per heavy atom. The lowest BCUT2D eigenvalue weighted by atomic mass is 10.1. The lowest BCUT2D eigenvalue weighted by Crippen LogP contribution is -2.35. The van der Waals surface area contributed by atoms with E-state index in [1.807, 2.05) is 17.4 Å². The number of aromatic nitrogens is 2. The van der Waals surface area contributed by atoms with Gasteiger partial charge in [-0.05, 0) is 17.7 Å². The van der Waals surface area contributed by atoms with Crippen molar-refractivity contribution in [1.29, 1.82) is 0 Å². The molecule has 0 bridgehead atoms. The number of benzene rings is 1. The Morgan fingerprint density at radius 3 is 2.77 bits per heavy atom. The number of aromatic amines is 1. The average molecular weight is 366 g/mol. The molecule has 0 spiro atoms. The minimum Gasteiger partial charge on any atom is -0.310 e. The van der Waals surface area contributed by atoms with E-state index in [9.17, 15) is 4.79 Å². The molecule has 0 aliphatic carbocycles. The minimum absolute atomic E-state index is 0.0274. The summed E-state index contributed by atoms with van der Waals surface area (Å²) < 4.78 is 0. The smallest absolute Gasteiger partial charge is 0.255 e. The van der Waals surface area contributed by atoms with Crippen LogP contribution < -0.4 is 5.56 Å². The van der Waals surface area contributed by atoms with E-state index in [4.69, 9.17) is 0 Å². The standard InChI is InChI=1S/C21H23N3OS/c1-14(2)20-22-18-10-11-24(13-17(18)21(25)23-20)12-16-8-9-19(26-16)15-6-4-3-5-7-15/h3-9,14H,10-13H2,1-2H3,(H,22,23,25). The van der Waals surface area contributed by atoms with Gasteiger partial charge < -0.3 is 4.98 Å². The topological polar surface area (TPSA) is 49.0 Å². The molecular weight excluding hydrogens is 342 g/mol. The Hall–Kier alpha value is -2.24. The third-order valence-corrected chi connectivity index (χ3v) is 5.93. The second-order valence-corrected chi connectivity index (χ2v) is 8.29. The van der Waals surface area contributed by atoms with Gasteiger partial charge in [-0.3, -0.25) is 9.69 Å². The molecule has 134 valence electrons. The zero-order valence-corrected chi connectivity index (χ0v) is 16.0. The summed E-state index contributed by atoms with van der Waals surface area (Å²) in [4.78, 5) is 25.1. The van der Waals surface area contributed by atoms with Crippen molar-refractivity contribution in [2.75, 3.05) is 6.54 Å². The third-order valence-electron chi connectivity index (χ3n) is 4.81. The van der Waals surface area contributed by atoms with E-state index in [1.165, 1.54) is 15.3 Å². The van der Waals surface area contributed by atoms with Gasteiger partial charge in [0.1, 0.15) is 5.82 Å². The first kappa shape index (κ1) is 17.2. The van der Waals surface area contributed by atoms with Crippen molar-refractivity contribution in [1.82, 2.24) is 14.9 Å². The summed E-state index contributed by atoms with van der Waals surface area (Å²) in [5.41, 5.74) is 3.10. The summed E-state index contributed by atoms with van der Waals surface area (Å²) in [7, 11) is 0. The quantitative estimate of drug-likeness (QED) is 0.754. The summed E-state index contributed by atoms with van der Waals surface area (Å²) in [5, 5.41) is 0. The van der Waals surface area contributed by atoms with Crippen molar-refractivity contribution in [3.05, 3.63) is 74.8 Å². The van der Waals surface area contributed by atoms with Crippen LogP contribution in [0.15, 0.2) is 47.3 Å². The first-order valence-electron chi connectivity index (χ1n) is 9.08. The van der Waals surface area contributed by atoms with Crippen molar-refractivity contribution in [2.24, 2.45) is 0 Å². The molecule has 1 aromatic carbocycles. The van der Waals surface area contributed by atoms with E-state index in [2.05, 4.69) is 65.1 Å². The molecule has 26 heavy (non-hydrogen) atoms. The van der Waals surface area contributed by atoms with E-state index in [-0.39, 0.29) is 11.5 Å².